The van der Waals surface area contributed by atoms with Crippen molar-refractivity contribution >= 4 is 32.2 Å². The minimum atomic E-state index is -5.66. The Hall–Kier alpha value is -2.50. The number of rotatable bonds is 8. The maximum atomic E-state index is 12.0. The first-order valence-corrected chi connectivity index (χ1v) is 12.9. The van der Waals surface area contributed by atoms with E-state index in [9.17, 15) is 52.8 Å². The Balaban J connectivity index is 0.000000360. The Kier molecular flexibility index (Phi) is 10.6. The highest BCUT2D eigenvalue weighted by Crippen LogP contribution is 2.34. The second-order valence-electron chi connectivity index (χ2n) is 7.06. The fourth-order valence-corrected chi connectivity index (χ4v) is 3.79. The summed E-state index contributed by atoms with van der Waals surface area (Å²) in [7, 11) is -11.3. The molecule has 0 amide bonds. The zero-order valence-electron chi connectivity index (χ0n) is 18.7. The third kappa shape index (κ3) is 8.86. The largest absolute Gasteiger partial charge is 0.534 e. The van der Waals surface area contributed by atoms with Crippen LogP contribution in [0.1, 0.15) is 39.5 Å². The maximum absolute atomic E-state index is 12.0. The fourth-order valence-electron chi connectivity index (χ4n) is 2.76. The van der Waals surface area contributed by atoms with E-state index < -0.39 is 55.0 Å². The highest BCUT2D eigenvalue weighted by Gasteiger charge is 2.50. The molecule has 0 aliphatic heterocycles. The van der Waals surface area contributed by atoms with Gasteiger partial charge in [-0.25, -0.2) is 0 Å². The molecule has 2 atom stereocenters. The van der Waals surface area contributed by atoms with Crippen LogP contribution in [0.15, 0.2) is 23.7 Å². The average Bonchev–Trinajstić information content (AvgIpc) is 3.36. The van der Waals surface area contributed by atoms with Crippen LogP contribution in [0.5, 0.6) is 0 Å². The molecule has 0 radical (unpaired) electrons. The second kappa shape index (κ2) is 12.2. The summed E-state index contributed by atoms with van der Waals surface area (Å²) in [6.45, 7) is 3.46. The molecule has 0 aromatic rings. The number of alkyl halides is 6. The lowest BCUT2D eigenvalue weighted by molar-refractivity contribution is -0.148. The van der Waals surface area contributed by atoms with Crippen LogP contribution in [-0.4, -0.2) is 53.0 Å². The van der Waals surface area contributed by atoms with Crippen LogP contribution in [0.2, 0.25) is 0 Å². The highest BCUT2D eigenvalue weighted by atomic mass is 32.2. The van der Waals surface area contributed by atoms with E-state index in [1.165, 1.54) is 0 Å². The normalized spacial score (nSPS) is 20.4. The van der Waals surface area contributed by atoms with Crippen LogP contribution in [0.25, 0.3) is 0 Å². The van der Waals surface area contributed by atoms with Crippen molar-refractivity contribution in [3.63, 3.8) is 0 Å². The van der Waals surface area contributed by atoms with Gasteiger partial charge in [0, 0.05) is 12.8 Å². The summed E-state index contributed by atoms with van der Waals surface area (Å²) in [5.41, 5.74) is -11.0. The van der Waals surface area contributed by atoms with Gasteiger partial charge in [-0.15, -0.1) is 0 Å². The molecule has 18 heteroatoms. The molecule has 0 spiro atoms. The minimum absolute atomic E-state index is 0.0568. The lowest BCUT2D eigenvalue weighted by Crippen LogP contribution is -2.25. The second-order valence-corrected chi connectivity index (χ2v) is 10.1. The average molecular weight is 576 g/mol. The van der Waals surface area contributed by atoms with Gasteiger partial charge in [0.25, 0.3) is 0 Å². The molecular weight excluding hydrogens is 554 g/mol. The molecule has 2 unspecified atom stereocenters. The van der Waals surface area contributed by atoms with Gasteiger partial charge in [-0.3, -0.25) is 9.59 Å². The van der Waals surface area contributed by atoms with E-state index in [-0.39, 0.29) is 50.4 Å². The summed E-state index contributed by atoms with van der Waals surface area (Å²) in [4.78, 5) is 22.5. The topological polar surface area (TPSA) is 139 Å². The molecule has 2 rings (SSSR count). The molecule has 0 aromatic heterocycles. The Morgan fingerprint density at radius 2 is 1.33 bits per heavy atom. The predicted molar refractivity (Wildman–Crippen MR) is 107 cm³/mol. The molecule has 208 valence electrons. The summed E-state index contributed by atoms with van der Waals surface area (Å²) >= 11 is 0. The number of hydrogen-bond acceptors (Lipinski definition) is 10. The zero-order valence-corrected chi connectivity index (χ0v) is 20.4. The van der Waals surface area contributed by atoms with Gasteiger partial charge in [0.2, 0.25) is 0 Å². The Labute approximate surface area is 202 Å². The smallest absolute Gasteiger partial charge is 0.466 e. The number of esters is 2. The first-order chi connectivity index (χ1) is 16.3. The zero-order chi connectivity index (χ0) is 27.9. The van der Waals surface area contributed by atoms with Gasteiger partial charge in [-0.05, 0) is 38.8 Å². The van der Waals surface area contributed by atoms with Crippen molar-refractivity contribution in [1.82, 2.24) is 0 Å². The van der Waals surface area contributed by atoms with E-state index in [4.69, 9.17) is 0 Å². The van der Waals surface area contributed by atoms with Crippen LogP contribution >= 0.6 is 0 Å². The molecule has 36 heavy (non-hydrogen) atoms. The lowest BCUT2D eigenvalue weighted by atomic mass is 10.1. The standard InChI is InChI=1S/2C9H11F3O5S/c2*1-2-16-8(13)6-3-4-7(5-6)17-18(14,15)9(10,11)12/h5-6H,2-4H2,1H3;4,6H,2-3,5H2,1H3. The number of hydrogen-bond donors (Lipinski definition) is 0. The Bertz CT molecular complexity index is 1070. The summed E-state index contributed by atoms with van der Waals surface area (Å²) in [6, 6.07) is 0. The number of halogens is 6. The van der Waals surface area contributed by atoms with E-state index in [0.29, 0.717) is 0 Å². The molecule has 0 fully saturated rings. The van der Waals surface area contributed by atoms with Gasteiger partial charge >= 0.3 is 43.2 Å². The molecule has 2 aliphatic carbocycles. The van der Waals surface area contributed by atoms with Gasteiger partial charge in [-0.2, -0.15) is 43.2 Å². The maximum Gasteiger partial charge on any atom is 0.534 e. The van der Waals surface area contributed by atoms with Crippen molar-refractivity contribution in [1.29, 1.82) is 0 Å². The van der Waals surface area contributed by atoms with Crippen LogP contribution in [0, 0.1) is 11.8 Å². The number of ether oxygens (including phenoxy) is 2. The van der Waals surface area contributed by atoms with Crippen molar-refractivity contribution in [2.24, 2.45) is 11.8 Å². The lowest BCUT2D eigenvalue weighted by Gasteiger charge is -2.11. The van der Waals surface area contributed by atoms with Gasteiger partial charge in [0.05, 0.1) is 25.0 Å². The predicted octanol–water partition coefficient (Wildman–Crippen LogP) is 3.42. The molecule has 0 saturated carbocycles. The minimum Gasteiger partial charge on any atom is -0.466 e. The SMILES string of the molecule is CCOC(=O)C1C=C(OS(=O)(=O)C(F)(F)F)CC1.CCOC(=O)C1CC=C(OS(=O)(=O)C(F)(F)F)C1. The fraction of sp³-hybridized carbons (Fsp3) is 0.667. The van der Waals surface area contributed by atoms with E-state index in [1.807, 2.05) is 0 Å². The summed E-state index contributed by atoms with van der Waals surface area (Å²) in [6.07, 6.45) is 2.18. The van der Waals surface area contributed by atoms with Crippen molar-refractivity contribution in [2.75, 3.05) is 13.2 Å². The molecule has 0 heterocycles. The van der Waals surface area contributed by atoms with Crippen LogP contribution in [0.3, 0.4) is 0 Å². The van der Waals surface area contributed by atoms with Crippen LogP contribution in [-0.2, 0) is 47.7 Å². The van der Waals surface area contributed by atoms with Gasteiger partial charge < -0.3 is 17.8 Å². The highest BCUT2D eigenvalue weighted by molar-refractivity contribution is 7.88. The van der Waals surface area contributed by atoms with Crippen LogP contribution < -0.4 is 0 Å². The van der Waals surface area contributed by atoms with E-state index in [2.05, 4.69) is 17.8 Å². The molecule has 0 N–H and O–H groups in total. The Morgan fingerprint density at radius 3 is 1.81 bits per heavy atom. The first-order valence-electron chi connectivity index (χ1n) is 10.1. The molecule has 0 aromatic carbocycles. The molecule has 0 bridgehead atoms. The van der Waals surface area contributed by atoms with E-state index in [1.54, 1.807) is 13.8 Å². The Morgan fingerprint density at radius 1 is 0.861 bits per heavy atom. The third-order valence-corrected chi connectivity index (χ3v) is 6.38. The van der Waals surface area contributed by atoms with Gasteiger partial charge in [0.1, 0.15) is 11.5 Å². The summed E-state index contributed by atoms with van der Waals surface area (Å²) in [5, 5.41) is 0. The molecule has 10 nitrogen and oxygen atoms in total. The van der Waals surface area contributed by atoms with Crippen LogP contribution in [0.4, 0.5) is 26.3 Å². The summed E-state index contributed by atoms with van der Waals surface area (Å²) in [5.74, 6) is -3.42. The first kappa shape index (κ1) is 31.5. The van der Waals surface area contributed by atoms with E-state index >= 15 is 0 Å². The molecule has 2 aliphatic rings. The summed E-state index contributed by atoms with van der Waals surface area (Å²) < 4.78 is 132. The van der Waals surface area contributed by atoms with E-state index in [0.717, 1.165) is 12.2 Å². The number of carbonyl (C=O) groups excluding carboxylic acids is 2. The van der Waals surface area contributed by atoms with Gasteiger partial charge in [0.15, 0.2) is 0 Å². The van der Waals surface area contributed by atoms with Crippen molar-refractivity contribution in [3.8, 4) is 0 Å². The monoisotopic (exact) mass is 576 g/mol. The van der Waals surface area contributed by atoms with Gasteiger partial charge in [-0.1, -0.05) is 0 Å². The van der Waals surface area contributed by atoms with Crippen molar-refractivity contribution in [2.45, 2.75) is 50.5 Å². The quantitative estimate of drug-likeness (QED) is 0.183. The van der Waals surface area contributed by atoms with Crippen molar-refractivity contribution < 1.29 is 70.6 Å². The molecular formula is C18H22F6O10S2. The number of carbonyl (C=O) groups is 2. The van der Waals surface area contributed by atoms with Crippen molar-refractivity contribution in [3.05, 3.63) is 23.7 Å². The number of allylic oxidation sites excluding steroid dienone is 3. The molecule has 0 saturated heterocycles. The third-order valence-electron chi connectivity index (χ3n) is 4.38.